The van der Waals surface area contributed by atoms with Crippen LogP contribution in [0.1, 0.15) is 36.8 Å². The minimum Gasteiger partial charge on any atom is -0.344 e. The summed E-state index contributed by atoms with van der Waals surface area (Å²) in [5.74, 6) is 1.04. The Morgan fingerprint density at radius 1 is 1.12 bits per heavy atom. The van der Waals surface area contributed by atoms with Crippen LogP contribution in [0.2, 0.25) is 0 Å². The molecule has 1 aromatic heterocycles. The van der Waals surface area contributed by atoms with E-state index < -0.39 is 0 Å². The van der Waals surface area contributed by atoms with E-state index in [1.165, 1.54) is 5.56 Å². The normalized spacial score (nSPS) is 23.8. The fraction of sp³-hybridized carbons (Fsp3) is 0.476. The molecule has 1 amide bonds. The van der Waals surface area contributed by atoms with Gasteiger partial charge in [0, 0.05) is 43.7 Å². The summed E-state index contributed by atoms with van der Waals surface area (Å²) in [6.45, 7) is 4.67. The van der Waals surface area contributed by atoms with Crippen LogP contribution in [0.25, 0.3) is 11.4 Å². The first-order chi connectivity index (χ1) is 12.6. The highest BCUT2D eigenvalue weighted by Crippen LogP contribution is 2.38. The lowest BCUT2D eigenvalue weighted by molar-refractivity contribution is -0.146. The molecular weight excluding hydrogens is 324 g/mol. The van der Waals surface area contributed by atoms with E-state index in [-0.39, 0.29) is 5.54 Å². The van der Waals surface area contributed by atoms with E-state index in [0.717, 1.165) is 62.3 Å². The van der Waals surface area contributed by atoms with Crippen LogP contribution < -0.4 is 0 Å². The van der Waals surface area contributed by atoms with Crippen LogP contribution in [0.15, 0.2) is 36.7 Å². The van der Waals surface area contributed by atoms with E-state index in [2.05, 4.69) is 33.9 Å². The van der Waals surface area contributed by atoms with Crippen LogP contribution in [-0.2, 0) is 11.3 Å². The zero-order valence-electron chi connectivity index (χ0n) is 15.6. The largest absolute Gasteiger partial charge is 0.344 e. The summed E-state index contributed by atoms with van der Waals surface area (Å²) in [6.07, 6.45) is 7.93. The third-order valence-electron chi connectivity index (χ3n) is 5.81. The Morgan fingerprint density at radius 2 is 1.85 bits per heavy atom. The molecule has 26 heavy (non-hydrogen) atoms. The van der Waals surface area contributed by atoms with Gasteiger partial charge in [0.25, 0.3) is 0 Å². The van der Waals surface area contributed by atoms with Gasteiger partial charge < -0.3 is 4.90 Å². The fourth-order valence-electron chi connectivity index (χ4n) is 4.45. The molecule has 1 unspecified atom stereocenters. The third-order valence-corrected chi connectivity index (χ3v) is 5.81. The van der Waals surface area contributed by atoms with Gasteiger partial charge in [-0.25, -0.2) is 9.97 Å². The van der Waals surface area contributed by atoms with Crippen molar-refractivity contribution in [3.63, 3.8) is 0 Å². The standard InChI is InChI=1S/C21H26N4O/c1-16-6-3-7-18(12-16)19-22-13-17(14-23-19)15-25-11-5-9-21(25)8-4-10-24(2)20(21)26/h3,6-7,12-14H,4-5,8-11,15H2,1-2H3. The summed E-state index contributed by atoms with van der Waals surface area (Å²) < 4.78 is 0. The Morgan fingerprint density at radius 3 is 2.58 bits per heavy atom. The van der Waals surface area contributed by atoms with Gasteiger partial charge in [-0.05, 0) is 45.2 Å². The lowest BCUT2D eigenvalue weighted by atomic mass is 9.85. The van der Waals surface area contributed by atoms with Crippen molar-refractivity contribution in [3.05, 3.63) is 47.8 Å². The molecule has 2 fully saturated rings. The molecule has 5 nitrogen and oxygen atoms in total. The van der Waals surface area contributed by atoms with Crippen LogP contribution in [0.4, 0.5) is 0 Å². The number of amides is 1. The van der Waals surface area contributed by atoms with Crippen molar-refractivity contribution in [2.24, 2.45) is 0 Å². The maximum Gasteiger partial charge on any atom is 0.242 e. The molecular formula is C21H26N4O. The molecule has 2 aliphatic heterocycles. The van der Waals surface area contributed by atoms with Crippen molar-refractivity contribution in [3.8, 4) is 11.4 Å². The number of aryl methyl sites for hydroxylation is 1. The van der Waals surface area contributed by atoms with E-state index in [0.29, 0.717) is 5.91 Å². The smallest absolute Gasteiger partial charge is 0.242 e. The topological polar surface area (TPSA) is 49.3 Å². The third kappa shape index (κ3) is 3.01. The van der Waals surface area contributed by atoms with Gasteiger partial charge in [0.2, 0.25) is 5.91 Å². The molecule has 3 heterocycles. The van der Waals surface area contributed by atoms with Crippen LogP contribution in [0.3, 0.4) is 0 Å². The number of rotatable bonds is 3. The highest BCUT2D eigenvalue weighted by atomic mass is 16.2. The van der Waals surface area contributed by atoms with Crippen LogP contribution in [0, 0.1) is 6.92 Å². The van der Waals surface area contributed by atoms with E-state index in [1.807, 2.05) is 36.5 Å². The first-order valence-electron chi connectivity index (χ1n) is 9.47. The van der Waals surface area contributed by atoms with Gasteiger partial charge in [0.15, 0.2) is 5.82 Å². The average Bonchev–Trinajstić information content (AvgIpc) is 3.03. The molecule has 0 saturated carbocycles. The molecule has 1 aromatic carbocycles. The van der Waals surface area contributed by atoms with Gasteiger partial charge in [-0.3, -0.25) is 9.69 Å². The van der Waals surface area contributed by atoms with Crippen LogP contribution >= 0.6 is 0 Å². The van der Waals surface area contributed by atoms with Gasteiger partial charge in [-0.15, -0.1) is 0 Å². The summed E-state index contributed by atoms with van der Waals surface area (Å²) in [7, 11) is 1.93. The Kier molecular flexibility index (Phi) is 4.49. The van der Waals surface area contributed by atoms with E-state index in [9.17, 15) is 4.79 Å². The predicted octanol–water partition coefficient (Wildman–Crippen LogP) is 3.04. The molecule has 2 aliphatic rings. The average molecular weight is 350 g/mol. The highest BCUT2D eigenvalue weighted by molar-refractivity contribution is 5.87. The van der Waals surface area contributed by atoms with Crippen LogP contribution in [-0.4, -0.2) is 51.4 Å². The summed E-state index contributed by atoms with van der Waals surface area (Å²) in [5.41, 5.74) is 3.01. The zero-order valence-corrected chi connectivity index (χ0v) is 15.6. The Hall–Kier alpha value is -2.27. The summed E-state index contributed by atoms with van der Waals surface area (Å²) in [5, 5.41) is 0. The molecule has 1 atom stereocenters. The van der Waals surface area contributed by atoms with Crippen molar-refractivity contribution in [1.82, 2.24) is 19.8 Å². The Balaban J connectivity index is 1.53. The quantitative estimate of drug-likeness (QED) is 0.854. The molecule has 4 rings (SSSR count). The molecule has 2 aromatic rings. The van der Waals surface area contributed by atoms with Gasteiger partial charge >= 0.3 is 0 Å². The van der Waals surface area contributed by atoms with Crippen molar-refractivity contribution >= 4 is 5.91 Å². The Bertz CT molecular complexity index is 804. The number of benzene rings is 1. The Labute approximate surface area is 155 Å². The second-order valence-corrected chi connectivity index (χ2v) is 7.67. The highest BCUT2D eigenvalue weighted by Gasteiger charge is 2.49. The molecule has 0 aliphatic carbocycles. The number of hydrogen-bond donors (Lipinski definition) is 0. The lowest BCUT2D eigenvalue weighted by Crippen LogP contribution is -2.58. The van der Waals surface area contributed by atoms with Crippen molar-refractivity contribution in [2.75, 3.05) is 20.1 Å². The maximum absolute atomic E-state index is 12.9. The van der Waals surface area contributed by atoms with Crippen molar-refractivity contribution in [2.45, 2.75) is 44.7 Å². The summed E-state index contributed by atoms with van der Waals surface area (Å²) >= 11 is 0. The van der Waals surface area contributed by atoms with E-state index in [1.54, 1.807) is 0 Å². The van der Waals surface area contributed by atoms with Crippen LogP contribution in [0.5, 0.6) is 0 Å². The molecule has 0 radical (unpaired) electrons. The number of piperidine rings is 1. The molecule has 1 spiro atoms. The number of carbonyl (C=O) groups excluding carboxylic acids is 1. The number of hydrogen-bond acceptors (Lipinski definition) is 4. The number of aromatic nitrogens is 2. The van der Waals surface area contributed by atoms with Gasteiger partial charge in [-0.2, -0.15) is 0 Å². The van der Waals surface area contributed by atoms with Crippen molar-refractivity contribution < 1.29 is 4.79 Å². The van der Waals surface area contributed by atoms with E-state index in [4.69, 9.17) is 0 Å². The summed E-state index contributed by atoms with van der Waals surface area (Å²) in [4.78, 5) is 26.3. The van der Waals surface area contributed by atoms with E-state index >= 15 is 0 Å². The molecule has 0 N–H and O–H groups in total. The predicted molar refractivity (Wildman–Crippen MR) is 101 cm³/mol. The molecule has 136 valence electrons. The zero-order chi connectivity index (χ0) is 18.1. The monoisotopic (exact) mass is 350 g/mol. The number of likely N-dealkylation sites (N-methyl/N-ethyl adjacent to an activating group) is 1. The molecule has 0 bridgehead atoms. The molecule has 5 heteroatoms. The number of carbonyl (C=O) groups is 1. The number of nitrogens with zero attached hydrogens (tertiary/aromatic N) is 4. The second-order valence-electron chi connectivity index (χ2n) is 7.67. The maximum atomic E-state index is 12.9. The minimum absolute atomic E-state index is 0.290. The summed E-state index contributed by atoms with van der Waals surface area (Å²) in [6, 6.07) is 8.24. The van der Waals surface area contributed by atoms with Gasteiger partial charge in [0.1, 0.15) is 5.54 Å². The van der Waals surface area contributed by atoms with Crippen molar-refractivity contribution in [1.29, 1.82) is 0 Å². The fourth-order valence-corrected chi connectivity index (χ4v) is 4.45. The lowest BCUT2D eigenvalue weighted by Gasteiger charge is -2.43. The van der Waals surface area contributed by atoms with Gasteiger partial charge in [0.05, 0.1) is 0 Å². The number of likely N-dealkylation sites (tertiary alicyclic amines) is 2. The molecule has 2 saturated heterocycles. The first kappa shape index (κ1) is 17.2. The first-order valence-corrected chi connectivity index (χ1v) is 9.47. The SMILES string of the molecule is Cc1cccc(-c2ncc(CN3CCCC34CCCN(C)C4=O)cn2)c1. The second kappa shape index (κ2) is 6.80. The minimum atomic E-state index is -0.303. The van der Waals surface area contributed by atoms with Gasteiger partial charge in [-0.1, -0.05) is 23.8 Å².